The molecule has 3 heterocycles. The second-order valence-corrected chi connectivity index (χ2v) is 10.0. The topological polar surface area (TPSA) is 93.4 Å². The van der Waals surface area contributed by atoms with Crippen molar-refractivity contribution >= 4 is 46.0 Å². The fourth-order valence-electron chi connectivity index (χ4n) is 4.84. The Morgan fingerprint density at radius 2 is 2.06 bits per heavy atom. The van der Waals surface area contributed by atoms with Gasteiger partial charge in [0.15, 0.2) is 0 Å². The number of aromatic nitrogens is 2. The van der Waals surface area contributed by atoms with Crippen LogP contribution in [-0.2, 0) is 0 Å². The molecule has 2 saturated heterocycles. The smallest absolute Gasteiger partial charge is 0.255 e. The summed E-state index contributed by atoms with van der Waals surface area (Å²) < 4.78 is 0. The lowest BCUT2D eigenvalue weighted by molar-refractivity contribution is 0.0708. The Morgan fingerprint density at radius 1 is 1.20 bits per heavy atom. The molecule has 0 unspecified atom stereocenters. The molecule has 184 valence electrons. The van der Waals surface area contributed by atoms with Crippen LogP contribution in [-0.4, -0.2) is 70.5 Å². The summed E-state index contributed by atoms with van der Waals surface area (Å²) in [4.78, 5) is 38.2. The van der Waals surface area contributed by atoms with Crippen molar-refractivity contribution in [1.29, 1.82) is 0 Å². The molecule has 1 aromatic heterocycles. The number of H-pyrrole nitrogens is 1. The van der Waals surface area contributed by atoms with Crippen LogP contribution in [0.4, 0.5) is 0 Å². The predicted octanol–water partition coefficient (Wildman–Crippen LogP) is 3.83. The average molecular weight is 515 g/mol. The first-order chi connectivity index (χ1) is 16.9. The molecule has 0 saturated carbocycles. The summed E-state index contributed by atoms with van der Waals surface area (Å²) in [6.45, 7) is 6.29. The highest BCUT2D eigenvalue weighted by molar-refractivity contribution is 6.34. The molecule has 2 fully saturated rings. The summed E-state index contributed by atoms with van der Waals surface area (Å²) in [5.74, 6) is 0.255. The van der Waals surface area contributed by atoms with Crippen LogP contribution >= 0.6 is 23.2 Å². The van der Waals surface area contributed by atoms with E-state index in [0.29, 0.717) is 22.0 Å². The third kappa shape index (κ3) is 5.16. The zero-order valence-electron chi connectivity index (χ0n) is 19.5. The van der Waals surface area contributed by atoms with Gasteiger partial charge in [0.1, 0.15) is 5.82 Å². The third-order valence-corrected chi connectivity index (χ3v) is 7.28. The van der Waals surface area contributed by atoms with Gasteiger partial charge >= 0.3 is 0 Å². The fourth-order valence-corrected chi connectivity index (χ4v) is 5.27. The van der Waals surface area contributed by atoms with Gasteiger partial charge in [-0.25, -0.2) is 4.98 Å². The van der Waals surface area contributed by atoms with Gasteiger partial charge < -0.3 is 20.5 Å². The zero-order valence-corrected chi connectivity index (χ0v) is 21.0. The van der Waals surface area contributed by atoms with Gasteiger partial charge in [0.05, 0.1) is 27.7 Å². The van der Waals surface area contributed by atoms with Crippen molar-refractivity contribution < 1.29 is 9.59 Å². The number of carbonyl (C=O) groups excluding carboxylic acids is 2. The second-order valence-electron chi connectivity index (χ2n) is 9.20. The molecule has 3 aromatic rings. The Kier molecular flexibility index (Phi) is 6.98. The highest BCUT2D eigenvalue weighted by atomic mass is 35.5. The van der Waals surface area contributed by atoms with Crippen LogP contribution < -0.4 is 10.6 Å². The quantitative estimate of drug-likeness (QED) is 0.464. The number of nitrogens with one attached hydrogen (secondary N) is 3. The largest absolute Gasteiger partial charge is 0.342 e. The molecular weight excluding hydrogens is 487 g/mol. The Morgan fingerprint density at radius 3 is 2.83 bits per heavy atom. The third-order valence-electron chi connectivity index (χ3n) is 6.73. The summed E-state index contributed by atoms with van der Waals surface area (Å²) in [7, 11) is 0. The Labute approximate surface area is 214 Å². The molecule has 10 heteroatoms. The number of amides is 2. The van der Waals surface area contributed by atoms with Crippen LogP contribution in [0, 0.1) is 0 Å². The van der Waals surface area contributed by atoms with Crippen LogP contribution in [0.15, 0.2) is 36.4 Å². The highest BCUT2D eigenvalue weighted by Gasteiger charge is 2.32. The maximum absolute atomic E-state index is 13.3. The molecule has 2 amide bonds. The summed E-state index contributed by atoms with van der Waals surface area (Å²) in [6.07, 6.45) is 1.98. The number of imidazole rings is 1. The number of carbonyl (C=O) groups is 2. The number of hydrogen-bond donors (Lipinski definition) is 3. The molecule has 8 nitrogen and oxygen atoms in total. The highest BCUT2D eigenvalue weighted by Crippen LogP contribution is 2.26. The first-order valence-corrected chi connectivity index (χ1v) is 12.6. The van der Waals surface area contributed by atoms with Gasteiger partial charge in [-0.1, -0.05) is 23.2 Å². The molecule has 2 aromatic carbocycles. The monoisotopic (exact) mass is 514 g/mol. The number of benzene rings is 2. The summed E-state index contributed by atoms with van der Waals surface area (Å²) in [5, 5.41) is 7.16. The van der Waals surface area contributed by atoms with Crippen molar-refractivity contribution in [2.24, 2.45) is 0 Å². The van der Waals surface area contributed by atoms with E-state index in [-0.39, 0.29) is 28.9 Å². The van der Waals surface area contributed by atoms with Gasteiger partial charge in [-0.2, -0.15) is 0 Å². The molecule has 3 N–H and O–H groups in total. The van der Waals surface area contributed by atoms with Gasteiger partial charge in [0.25, 0.3) is 11.8 Å². The van der Waals surface area contributed by atoms with Crippen molar-refractivity contribution in [3.8, 4) is 0 Å². The van der Waals surface area contributed by atoms with Crippen molar-refractivity contribution in [1.82, 2.24) is 30.4 Å². The lowest BCUT2D eigenvalue weighted by atomic mass is 10.1. The molecule has 0 bridgehead atoms. The second kappa shape index (κ2) is 10.1. The van der Waals surface area contributed by atoms with E-state index in [4.69, 9.17) is 23.2 Å². The van der Waals surface area contributed by atoms with E-state index >= 15 is 0 Å². The van der Waals surface area contributed by atoms with Crippen molar-refractivity contribution in [2.75, 3.05) is 32.8 Å². The van der Waals surface area contributed by atoms with E-state index < -0.39 is 0 Å². The van der Waals surface area contributed by atoms with E-state index in [1.54, 1.807) is 30.3 Å². The SMILES string of the molecule is C[C@H](NC(=O)c1ccc(C(=O)N2CCC[C@@H]2CN2CCNC2)c(Cl)c1)c1nc2ccc(Cl)cc2[nH]1. The predicted molar refractivity (Wildman–Crippen MR) is 137 cm³/mol. The maximum Gasteiger partial charge on any atom is 0.255 e. The van der Waals surface area contributed by atoms with E-state index in [0.717, 1.165) is 56.7 Å². The molecule has 0 aliphatic carbocycles. The number of hydrogen-bond acceptors (Lipinski definition) is 5. The number of aromatic amines is 1. The number of halogens is 2. The minimum absolute atomic E-state index is 0.0779. The van der Waals surface area contributed by atoms with Crippen molar-refractivity contribution in [3.05, 3.63) is 63.4 Å². The summed E-state index contributed by atoms with van der Waals surface area (Å²) >= 11 is 12.6. The van der Waals surface area contributed by atoms with E-state index in [1.807, 2.05) is 17.9 Å². The number of nitrogens with zero attached hydrogens (tertiary/aromatic N) is 3. The van der Waals surface area contributed by atoms with Gasteiger partial charge in [-0.15, -0.1) is 0 Å². The Balaban J connectivity index is 1.26. The summed E-state index contributed by atoms with van der Waals surface area (Å²) in [6, 6.07) is 10.1. The van der Waals surface area contributed by atoms with Crippen LogP contribution in [0.2, 0.25) is 10.0 Å². The van der Waals surface area contributed by atoms with Gasteiger partial charge in [-0.05, 0) is 56.2 Å². The standard InChI is InChI=1S/C25H28Cl2N6O2/c1-15(23-30-21-7-5-17(26)12-22(21)31-23)29-24(34)16-4-6-19(20(27)11-16)25(35)33-9-2-3-18(33)13-32-10-8-28-14-32/h4-7,11-12,15,18,28H,2-3,8-10,13-14H2,1H3,(H,29,34)(H,30,31)/t15-,18+/m0/s1. The van der Waals surface area contributed by atoms with Crippen LogP contribution in [0.5, 0.6) is 0 Å². The fraction of sp³-hybridized carbons (Fsp3) is 0.400. The molecule has 2 atom stereocenters. The molecular formula is C25H28Cl2N6O2. The first kappa shape index (κ1) is 24.1. The number of fused-ring (bicyclic) bond motifs is 1. The van der Waals surface area contributed by atoms with Crippen LogP contribution in [0.25, 0.3) is 11.0 Å². The molecule has 5 rings (SSSR count). The zero-order chi connectivity index (χ0) is 24.5. The minimum atomic E-state index is -0.362. The maximum atomic E-state index is 13.3. The van der Waals surface area contributed by atoms with Gasteiger partial charge in [0, 0.05) is 49.5 Å². The minimum Gasteiger partial charge on any atom is -0.342 e. The van der Waals surface area contributed by atoms with Crippen LogP contribution in [0.3, 0.4) is 0 Å². The number of rotatable bonds is 6. The van der Waals surface area contributed by atoms with Crippen LogP contribution in [0.1, 0.15) is 52.3 Å². The Bertz CT molecular complexity index is 1260. The average Bonchev–Trinajstić information content (AvgIpc) is 3.59. The number of likely N-dealkylation sites (tertiary alicyclic amines) is 1. The lowest BCUT2D eigenvalue weighted by Crippen LogP contribution is -2.43. The van der Waals surface area contributed by atoms with Gasteiger partial charge in [-0.3, -0.25) is 14.5 Å². The lowest BCUT2D eigenvalue weighted by Gasteiger charge is -2.28. The normalized spacial score (nSPS) is 19.4. The van der Waals surface area contributed by atoms with E-state index in [9.17, 15) is 9.59 Å². The molecule has 0 spiro atoms. The van der Waals surface area contributed by atoms with Crippen molar-refractivity contribution in [2.45, 2.75) is 31.8 Å². The first-order valence-electron chi connectivity index (χ1n) is 11.9. The summed E-state index contributed by atoms with van der Waals surface area (Å²) in [5.41, 5.74) is 2.40. The molecule has 35 heavy (non-hydrogen) atoms. The molecule has 2 aliphatic heterocycles. The van der Waals surface area contributed by atoms with E-state index in [1.165, 1.54) is 0 Å². The Hall–Kier alpha value is -2.65. The van der Waals surface area contributed by atoms with Gasteiger partial charge in [0.2, 0.25) is 0 Å². The van der Waals surface area contributed by atoms with E-state index in [2.05, 4.69) is 25.5 Å². The molecule has 2 aliphatic rings. The van der Waals surface area contributed by atoms with Crippen molar-refractivity contribution in [3.63, 3.8) is 0 Å². The molecule has 0 radical (unpaired) electrons.